The van der Waals surface area contributed by atoms with E-state index in [1.54, 1.807) is 7.11 Å². The van der Waals surface area contributed by atoms with E-state index in [4.69, 9.17) is 9.73 Å². The Labute approximate surface area is 180 Å². The highest BCUT2D eigenvalue weighted by molar-refractivity contribution is 5.79. The molecule has 3 rings (SSSR count). The highest BCUT2D eigenvalue weighted by Crippen LogP contribution is 2.26. The van der Waals surface area contributed by atoms with Crippen LogP contribution >= 0.6 is 0 Å². The minimum Gasteiger partial charge on any atom is -0.497 e. The molecule has 1 aromatic carbocycles. The molecule has 0 spiro atoms. The van der Waals surface area contributed by atoms with E-state index in [0.29, 0.717) is 13.1 Å². The van der Waals surface area contributed by atoms with Crippen LogP contribution in [0.1, 0.15) is 62.2 Å². The van der Waals surface area contributed by atoms with E-state index in [-0.39, 0.29) is 0 Å². The minimum atomic E-state index is 0.592. The highest BCUT2D eigenvalue weighted by Gasteiger charge is 2.13. The third-order valence-corrected chi connectivity index (χ3v) is 5.98. The second-order valence-electron chi connectivity index (χ2n) is 8.16. The van der Waals surface area contributed by atoms with Gasteiger partial charge >= 0.3 is 0 Å². The summed E-state index contributed by atoms with van der Waals surface area (Å²) < 4.78 is 7.23. The normalized spacial score (nSPS) is 15.2. The number of aryl methyl sites for hydroxylation is 1. The Bertz CT molecular complexity index is 793. The summed E-state index contributed by atoms with van der Waals surface area (Å²) in [4.78, 5) is 4.78. The molecular weight excluding hydrogens is 376 g/mol. The zero-order chi connectivity index (χ0) is 21.2. The largest absolute Gasteiger partial charge is 0.497 e. The van der Waals surface area contributed by atoms with E-state index < -0.39 is 0 Å². The van der Waals surface area contributed by atoms with Crippen LogP contribution in [0.25, 0.3) is 0 Å². The van der Waals surface area contributed by atoms with Crippen molar-refractivity contribution in [3.05, 3.63) is 41.5 Å². The van der Waals surface area contributed by atoms with Crippen LogP contribution in [0.4, 0.5) is 0 Å². The Morgan fingerprint density at radius 1 is 1.13 bits per heavy atom. The monoisotopic (exact) mass is 412 g/mol. The maximum atomic E-state index is 5.24. The number of nitrogens with one attached hydrogen (secondary N) is 2. The molecule has 2 N–H and O–H groups in total. The fraction of sp³-hybridized carbons (Fsp3) is 0.609. The van der Waals surface area contributed by atoms with Crippen LogP contribution in [0, 0.1) is 12.8 Å². The molecule has 0 saturated heterocycles. The second kappa shape index (κ2) is 11.6. The summed E-state index contributed by atoms with van der Waals surface area (Å²) in [7, 11) is 3.67. The van der Waals surface area contributed by atoms with Crippen molar-refractivity contribution in [3.8, 4) is 5.75 Å². The smallest absolute Gasteiger partial charge is 0.191 e. The molecule has 0 unspecified atom stereocenters. The Kier molecular flexibility index (Phi) is 8.53. The SMILES string of the molecule is COc1ccc(CN=C(NCCCC2CCCCC2)NCc2nnc(C)n2C)cc1. The number of hydrogen-bond acceptors (Lipinski definition) is 4. The van der Waals surface area contributed by atoms with Gasteiger partial charge in [-0.25, -0.2) is 4.99 Å². The molecular formula is C23H36N6O. The summed E-state index contributed by atoms with van der Waals surface area (Å²) in [5.74, 6) is 4.39. The third kappa shape index (κ3) is 6.75. The fourth-order valence-electron chi connectivity index (χ4n) is 3.92. The molecule has 1 aromatic heterocycles. The molecule has 2 aromatic rings. The number of ether oxygens (including phenoxy) is 1. The van der Waals surface area contributed by atoms with Crippen molar-refractivity contribution in [3.63, 3.8) is 0 Å². The van der Waals surface area contributed by atoms with Gasteiger partial charge in [0.15, 0.2) is 11.8 Å². The Balaban J connectivity index is 1.54. The lowest BCUT2D eigenvalue weighted by molar-refractivity contribution is 0.332. The number of benzene rings is 1. The zero-order valence-electron chi connectivity index (χ0n) is 18.7. The van der Waals surface area contributed by atoms with Crippen molar-refractivity contribution < 1.29 is 4.74 Å². The molecule has 0 aliphatic heterocycles. The standard InChI is InChI=1S/C23H36N6O/c1-18-27-28-22(29(18)2)17-26-23(24-15-7-10-19-8-5-4-6-9-19)25-16-20-11-13-21(30-3)14-12-20/h11-14,19H,4-10,15-17H2,1-3H3,(H2,24,25,26). The van der Waals surface area contributed by atoms with Crippen LogP contribution in [0.5, 0.6) is 5.75 Å². The number of guanidine groups is 1. The van der Waals surface area contributed by atoms with Gasteiger partial charge in [-0.15, -0.1) is 10.2 Å². The Hall–Kier alpha value is -2.57. The van der Waals surface area contributed by atoms with E-state index in [9.17, 15) is 0 Å². The molecule has 1 aliphatic carbocycles. The van der Waals surface area contributed by atoms with Crippen molar-refractivity contribution in [2.45, 2.75) is 65.0 Å². The summed E-state index contributed by atoms with van der Waals surface area (Å²) >= 11 is 0. The molecule has 0 radical (unpaired) electrons. The Morgan fingerprint density at radius 3 is 2.57 bits per heavy atom. The van der Waals surface area contributed by atoms with Crippen molar-refractivity contribution in [1.29, 1.82) is 0 Å². The molecule has 0 bridgehead atoms. The summed E-state index contributed by atoms with van der Waals surface area (Å²) in [5.41, 5.74) is 1.15. The summed E-state index contributed by atoms with van der Waals surface area (Å²) in [6, 6.07) is 8.04. The first kappa shape index (κ1) is 22.1. The lowest BCUT2D eigenvalue weighted by Crippen LogP contribution is -2.38. The molecule has 164 valence electrons. The number of rotatable bonds is 9. The van der Waals surface area contributed by atoms with Crippen molar-refractivity contribution in [2.75, 3.05) is 13.7 Å². The molecule has 1 heterocycles. The van der Waals surface area contributed by atoms with Crippen LogP contribution in [-0.2, 0) is 20.1 Å². The van der Waals surface area contributed by atoms with Crippen molar-refractivity contribution in [2.24, 2.45) is 18.0 Å². The van der Waals surface area contributed by atoms with Crippen LogP contribution < -0.4 is 15.4 Å². The topological polar surface area (TPSA) is 76.4 Å². The first-order valence-corrected chi connectivity index (χ1v) is 11.2. The maximum Gasteiger partial charge on any atom is 0.191 e. The van der Waals surface area contributed by atoms with Crippen LogP contribution in [-0.4, -0.2) is 34.4 Å². The molecule has 1 aliphatic rings. The van der Waals surface area contributed by atoms with Gasteiger partial charge in [0.1, 0.15) is 11.6 Å². The summed E-state index contributed by atoms with van der Waals surface area (Å²) in [6.07, 6.45) is 9.53. The first-order valence-electron chi connectivity index (χ1n) is 11.2. The Morgan fingerprint density at radius 2 is 1.90 bits per heavy atom. The minimum absolute atomic E-state index is 0.592. The molecule has 1 fully saturated rings. The number of nitrogens with zero attached hydrogens (tertiary/aromatic N) is 4. The molecule has 7 heteroatoms. The van der Waals surface area contributed by atoms with Crippen LogP contribution in [0.3, 0.4) is 0 Å². The molecule has 30 heavy (non-hydrogen) atoms. The van der Waals surface area contributed by atoms with E-state index in [1.165, 1.54) is 44.9 Å². The van der Waals surface area contributed by atoms with Gasteiger partial charge in [-0.1, -0.05) is 44.2 Å². The molecule has 0 atom stereocenters. The van der Waals surface area contributed by atoms with Gasteiger partial charge < -0.3 is 19.9 Å². The zero-order valence-corrected chi connectivity index (χ0v) is 18.7. The van der Waals surface area contributed by atoms with Crippen LogP contribution in [0.2, 0.25) is 0 Å². The van der Waals surface area contributed by atoms with E-state index in [2.05, 4.69) is 33.0 Å². The van der Waals surface area contributed by atoms with Gasteiger partial charge in [0.2, 0.25) is 0 Å². The van der Waals surface area contributed by atoms with Crippen LogP contribution in [0.15, 0.2) is 29.3 Å². The molecule has 7 nitrogen and oxygen atoms in total. The second-order valence-corrected chi connectivity index (χ2v) is 8.16. The van der Waals surface area contributed by atoms with Crippen molar-refractivity contribution in [1.82, 2.24) is 25.4 Å². The van der Waals surface area contributed by atoms with Gasteiger partial charge in [0.25, 0.3) is 0 Å². The summed E-state index contributed by atoms with van der Waals surface area (Å²) in [5, 5.41) is 15.3. The maximum absolute atomic E-state index is 5.24. The lowest BCUT2D eigenvalue weighted by Gasteiger charge is -2.21. The average Bonchev–Trinajstić information content (AvgIpc) is 3.11. The number of aliphatic imine (C=N–C) groups is 1. The fourth-order valence-corrected chi connectivity index (χ4v) is 3.92. The summed E-state index contributed by atoms with van der Waals surface area (Å²) in [6.45, 7) is 4.09. The van der Waals surface area contributed by atoms with E-state index >= 15 is 0 Å². The quantitative estimate of drug-likeness (QED) is 0.373. The predicted molar refractivity (Wildman–Crippen MR) is 121 cm³/mol. The van der Waals surface area contributed by atoms with Gasteiger partial charge in [-0.3, -0.25) is 0 Å². The highest BCUT2D eigenvalue weighted by atomic mass is 16.5. The van der Waals surface area contributed by atoms with Gasteiger partial charge in [-0.05, 0) is 43.4 Å². The third-order valence-electron chi connectivity index (χ3n) is 5.98. The number of methoxy groups -OCH3 is 1. The predicted octanol–water partition coefficient (Wildman–Crippen LogP) is 3.73. The average molecular weight is 413 g/mol. The van der Waals surface area contributed by atoms with E-state index in [1.807, 2.05) is 30.7 Å². The first-order chi connectivity index (χ1) is 14.7. The van der Waals surface area contributed by atoms with Gasteiger partial charge in [-0.2, -0.15) is 0 Å². The molecule has 0 amide bonds. The van der Waals surface area contributed by atoms with Gasteiger partial charge in [0, 0.05) is 13.6 Å². The number of aromatic nitrogens is 3. The van der Waals surface area contributed by atoms with Gasteiger partial charge in [0.05, 0.1) is 20.2 Å². The lowest BCUT2D eigenvalue weighted by atomic mass is 9.86. The van der Waals surface area contributed by atoms with E-state index in [0.717, 1.165) is 41.4 Å². The molecule has 1 saturated carbocycles. The van der Waals surface area contributed by atoms with Crippen molar-refractivity contribution >= 4 is 5.96 Å². The number of hydrogen-bond donors (Lipinski definition) is 2.